The molecule has 0 aliphatic heterocycles. The van der Waals surface area contributed by atoms with Crippen LogP contribution in [0.4, 0.5) is 15.8 Å². The largest absolute Gasteiger partial charge is 0.294 e. The maximum Gasteiger partial charge on any atom is 0.294 e. The molecule has 8 heteroatoms. The lowest BCUT2D eigenvalue weighted by Crippen LogP contribution is -2.15. The molecule has 0 fully saturated rings. The monoisotopic (exact) mass is 472 g/mol. The molecule has 1 aliphatic rings. The van der Waals surface area contributed by atoms with E-state index in [0.717, 1.165) is 37.0 Å². The summed E-state index contributed by atoms with van der Waals surface area (Å²) in [6.07, 6.45) is 3.82. The smallest absolute Gasteiger partial charge is 0.258 e. The highest BCUT2D eigenvalue weighted by Crippen LogP contribution is 2.28. The molecule has 1 aliphatic carbocycles. The molecule has 0 saturated carbocycles. The highest BCUT2D eigenvalue weighted by atomic mass is 32.1. The Balaban J connectivity index is 1.76. The molecule has 0 unspecified atom stereocenters. The molecule has 6 nitrogen and oxygen atoms in total. The van der Waals surface area contributed by atoms with Crippen molar-refractivity contribution in [3.63, 3.8) is 0 Å². The number of para-hydroxylation sites is 2. The normalized spacial score (nSPS) is 15.2. The molecule has 0 saturated heterocycles. The minimum absolute atomic E-state index is 0.0950. The molecule has 170 valence electrons. The van der Waals surface area contributed by atoms with E-state index in [1.54, 1.807) is 46.5 Å². The Labute approximate surface area is 199 Å². The number of nitro benzene ring substituents is 1. The summed E-state index contributed by atoms with van der Waals surface area (Å²) in [4.78, 5) is 16.1. The van der Waals surface area contributed by atoms with Crippen LogP contribution >= 0.6 is 11.3 Å². The molecule has 0 N–H and O–H groups in total. The molecule has 1 heterocycles. The van der Waals surface area contributed by atoms with E-state index in [9.17, 15) is 14.5 Å². The number of rotatable bonds is 4. The van der Waals surface area contributed by atoms with Crippen molar-refractivity contribution in [2.45, 2.75) is 25.7 Å². The van der Waals surface area contributed by atoms with Crippen LogP contribution in [0.1, 0.15) is 30.4 Å². The fourth-order valence-electron chi connectivity index (χ4n) is 4.13. The number of nitrogens with zero attached hydrogens (tertiary/aromatic N) is 4. The van der Waals surface area contributed by atoms with Crippen molar-refractivity contribution < 1.29 is 9.31 Å². The van der Waals surface area contributed by atoms with Crippen LogP contribution in [-0.4, -0.2) is 15.3 Å². The maximum atomic E-state index is 14.8. The van der Waals surface area contributed by atoms with Crippen molar-refractivity contribution in [3.05, 3.63) is 110 Å². The van der Waals surface area contributed by atoms with E-state index in [2.05, 4.69) is 17.1 Å². The third-order valence-corrected chi connectivity index (χ3v) is 6.60. The molecule has 3 aromatic carbocycles. The first kappa shape index (κ1) is 21.9. The molecular weight excluding hydrogens is 451 g/mol. The summed E-state index contributed by atoms with van der Waals surface area (Å²) < 4.78 is 16.4. The van der Waals surface area contributed by atoms with Crippen LogP contribution in [0, 0.1) is 15.9 Å². The van der Waals surface area contributed by atoms with Gasteiger partial charge in [-0.2, -0.15) is 5.10 Å². The average Bonchev–Trinajstić information content (AvgIpc) is 3.11. The number of halogens is 1. The van der Waals surface area contributed by atoms with Crippen molar-refractivity contribution in [2.75, 3.05) is 0 Å². The van der Waals surface area contributed by atoms with Gasteiger partial charge in [0.25, 0.3) is 5.69 Å². The summed E-state index contributed by atoms with van der Waals surface area (Å²) in [7, 11) is 0. The Morgan fingerprint density at radius 3 is 2.44 bits per heavy atom. The van der Waals surface area contributed by atoms with Gasteiger partial charge in [0.2, 0.25) is 4.80 Å². The fraction of sp³-hybridized carbons (Fsp3) is 0.154. The Kier molecular flexibility index (Phi) is 6.14. The van der Waals surface area contributed by atoms with Crippen molar-refractivity contribution in [3.8, 4) is 11.3 Å². The predicted molar refractivity (Wildman–Crippen MR) is 132 cm³/mol. The first-order chi connectivity index (χ1) is 16.6. The van der Waals surface area contributed by atoms with Gasteiger partial charge in [-0.15, -0.1) is 11.3 Å². The molecule has 0 spiro atoms. The second-order valence-corrected chi connectivity index (χ2v) is 8.80. The van der Waals surface area contributed by atoms with Crippen LogP contribution in [0.3, 0.4) is 0 Å². The lowest BCUT2D eigenvalue weighted by atomic mass is 10.0. The van der Waals surface area contributed by atoms with Crippen LogP contribution in [0.25, 0.3) is 11.3 Å². The van der Waals surface area contributed by atoms with Crippen LogP contribution in [-0.2, 0) is 6.42 Å². The molecule has 4 aromatic rings. The van der Waals surface area contributed by atoms with Crippen molar-refractivity contribution in [2.24, 2.45) is 10.1 Å². The van der Waals surface area contributed by atoms with Gasteiger partial charge in [-0.05, 0) is 49.4 Å². The third kappa shape index (κ3) is 4.32. The lowest BCUT2D eigenvalue weighted by molar-refractivity contribution is -0.384. The van der Waals surface area contributed by atoms with Crippen molar-refractivity contribution >= 4 is 28.4 Å². The van der Waals surface area contributed by atoms with E-state index < -0.39 is 4.92 Å². The van der Waals surface area contributed by atoms with Gasteiger partial charge in [0.15, 0.2) is 0 Å². The van der Waals surface area contributed by atoms with Gasteiger partial charge in [0, 0.05) is 22.6 Å². The zero-order chi connectivity index (χ0) is 23.5. The molecular formula is C26H21FN4O2S. The first-order valence-corrected chi connectivity index (χ1v) is 11.9. The number of aryl methyl sites for hydroxylation is 1. The topological polar surface area (TPSA) is 72.8 Å². The Hall–Kier alpha value is -3.91. The SMILES string of the molecule is O=[N+]([O-])c1ccccc1N=c1scc(-c2ccccc2F)n1N=C1CCCCc2ccccc21. The number of fused-ring (bicyclic) bond motifs is 1. The molecule has 34 heavy (non-hydrogen) atoms. The summed E-state index contributed by atoms with van der Waals surface area (Å²) in [5.41, 5.74) is 4.29. The number of hydrogen-bond acceptors (Lipinski definition) is 5. The summed E-state index contributed by atoms with van der Waals surface area (Å²) in [6, 6.07) is 21.0. The van der Waals surface area contributed by atoms with Gasteiger partial charge in [-0.25, -0.2) is 14.1 Å². The Morgan fingerprint density at radius 1 is 0.912 bits per heavy atom. The molecule has 0 radical (unpaired) electrons. The standard InChI is InChI=1S/C26H21FN4O2S/c27-21-13-5-4-12-20(21)25-17-34-26(28-23-15-7-8-16-24(23)31(32)33)30(25)29-22-14-6-2-10-18-9-1-3-11-19(18)22/h1,3-5,7-9,11-13,15-17H,2,6,10,14H2. The number of aromatic nitrogens is 1. The first-order valence-electron chi connectivity index (χ1n) is 11.0. The van der Waals surface area contributed by atoms with Crippen LogP contribution in [0.2, 0.25) is 0 Å². The molecule has 5 rings (SSSR count). The van der Waals surface area contributed by atoms with Gasteiger partial charge in [-0.1, -0.05) is 48.5 Å². The second-order valence-electron chi connectivity index (χ2n) is 7.96. The number of thiazole rings is 1. The summed E-state index contributed by atoms with van der Waals surface area (Å²) >= 11 is 1.27. The van der Waals surface area contributed by atoms with E-state index in [1.807, 2.05) is 12.1 Å². The summed E-state index contributed by atoms with van der Waals surface area (Å²) in [5, 5.41) is 18.3. The second kappa shape index (κ2) is 9.52. The van der Waals surface area contributed by atoms with Crippen LogP contribution < -0.4 is 4.80 Å². The average molecular weight is 473 g/mol. The van der Waals surface area contributed by atoms with Gasteiger partial charge < -0.3 is 0 Å². The summed E-state index contributed by atoms with van der Waals surface area (Å²) in [5.74, 6) is -0.368. The fourth-order valence-corrected chi connectivity index (χ4v) is 4.97. The Bertz CT molecular complexity index is 1470. The van der Waals surface area contributed by atoms with Crippen LogP contribution in [0.15, 0.2) is 88.3 Å². The molecule has 0 amide bonds. The predicted octanol–water partition coefficient (Wildman–Crippen LogP) is 6.48. The van der Waals surface area contributed by atoms with E-state index >= 15 is 0 Å². The van der Waals surface area contributed by atoms with Gasteiger partial charge in [-0.3, -0.25) is 10.1 Å². The Morgan fingerprint density at radius 2 is 1.62 bits per heavy atom. The number of benzene rings is 3. The highest BCUT2D eigenvalue weighted by molar-refractivity contribution is 7.07. The van der Waals surface area contributed by atoms with E-state index in [1.165, 1.54) is 29.0 Å². The van der Waals surface area contributed by atoms with Crippen molar-refractivity contribution in [1.82, 2.24) is 4.68 Å². The van der Waals surface area contributed by atoms with E-state index in [4.69, 9.17) is 5.10 Å². The molecule has 0 bridgehead atoms. The van der Waals surface area contributed by atoms with Gasteiger partial charge >= 0.3 is 0 Å². The quantitative estimate of drug-likeness (QED) is 0.194. The maximum absolute atomic E-state index is 14.8. The molecule has 0 atom stereocenters. The van der Waals surface area contributed by atoms with Crippen molar-refractivity contribution in [1.29, 1.82) is 0 Å². The summed E-state index contributed by atoms with van der Waals surface area (Å²) in [6.45, 7) is 0. The third-order valence-electron chi connectivity index (χ3n) is 5.79. The van der Waals surface area contributed by atoms with E-state index in [0.29, 0.717) is 16.1 Å². The van der Waals surface area contributed by atoms with Gasteiger partial charge in [0.05, 0.1) is 16.3 Å². The van der Waals surface area contributed by atoms with E-state index in [-0.39, 0.29) is 17.2 Å². The lowest BCUT2D eigenvalue weighted by Gasteiger charge is -2.10. The number of nitro groups is 1. The molecule has 1 aromatic heterocycles. The zero-order valence-electron chi connectivity index (χ0n) is 18.2. The minimum Gasteiger partial charge on any atom is -0.258 e. The van der Waals surface area contributed by atoms with Crippen LogP contribution in [0.5, 0.6) is 0 Å². The minimum atomic E-state index is -0.456. The zero-order valence-corrected chi connectivity index (χ0v) is 19.0. The highest BCUT2D eigenvalue weighted by Gasteiger charge is 2.18. The van der Waals surface area contributed by atoms with Gasteiger partial charge in [0.1, 0.15) is 11.5 Å². The number of hydrogen-bond donors (Lipinski definition) is 0.